The summed E-state index contributed by atoms with van der Waals surface area (Å²) in [5.74, 6) is -0.400. The van der Waals surface area contributed by atoms with Crippen LogP contribution < -0.4 is 10.6 Å². The molecule has 2 aromatic carbocycles. The SMILES string of the molecule is Cc1ccc(Nc2nnc(S[C@H](C)C(=O)N[C@H](C)c3ccc(F)cc3)s2)cc1. The van der Waals surface area contributed by atoms with Crippen LogP contribution in [0.5, 0.6) is 0 Å². The van der Waals surface area contributed by atoms with E-state index in [1.54, 1.807) is 12.1 Å². The predicted octanol–water partition coefficient (Wildman–Crippen LogP) is 5.09. The Kier molecular flexibility index (Phi) is 6.64. The molecular weight excluding hydrogens is 395 g/mol. The number of anilines is 2. The fourth-order valence-electron chi connectivity index (χ4n) is 2.44. The molecule has 0 fully saturated rings. The van der Waals surface area contributed by atoms with Gasteiger partial charge in [0.1, 0.15) is 5.82 Å². The molecule has 0 unspecified atom stereocenters. The third-order valence-corrected chi connectivity index (χ3v) is 6.11. The Morgan fingerprint density at radius 1 is 1.07 bits per heavy atom. The van der Waals surface area contributed by atoms with Crippen molar-refractivity contribution in [3.05, 3.63) is 65.5 Å². The van der Waals surface area contributed by atoms with E-state index in [0.717, 1.165) is 11.3 Å². The number of nitrogens with one attached hydrogen (secondary N) is 2. The number of halogens is 1. The molecule has 1 aromatic heterocycles. The summed E-state index contributed by atoms with van der Waals surface area (Å²) >= 11 is 2.76. The van der Waals surface area contributed by atoms with Crippen LogP contribution in [0.4, 0.5) is 15.2 Å². The average Bonchev–Trinajstić information content (AvgIpc) is 3.10. The third kappa shape index (κ3) is 5.53. The lowest BCUT2D eigenvalue weighted by molar-refractivity contribution is -0.120. The maximum absolute atomic E-state index is 13.0. The largest absolute Gasteiger partial charge is 0.349 e. The molecule has 0 aliphatic carbocycles. The number of hydrogen-bond donors (Lipinski definition) is 2. The van der Waals surface area contributed by atoms with Gasteiger partial charge in [-0.15, -0.1) is 10.2 Å². The van der Waals surface area contributed by atoms with E-state index in [1.165, 1.54) is 40.8 Å². The number of carbonyl (C=O) groups is 1. The molecule has 28 heavy (non-hydrogen) atoms. The summed E-state index contributed by atoms with van der Waals surface area (Å²) in [5.41, 5.74) is 2.98. The molecule has 146 valence electrons. The third-order valence-electron chi connectivity index (χ3n) is 4.08. The minimum absolute atomic E-state index is 0.106. The van der Waals surface area contributed by atoms with Crippen LogP contribution >= 0.6 is 23.1 Å². The normalized spacial score (nSPS) is 13.0. The van der Waals surface area contributed by atoms with Gasteiger partial charge in [-0.1, -0.05) is 52.9 Å². The number of rotatable bonds is 7. The number of nitrogens with zero attached hydrogens (tertiary/aromatic N) is 2. The van der Waals surface area contributed by atoms with Gasteiger partial charge in [-0.2, -0.15) is 0 Å². The van der Waals surface area contributed by atoms with E-state index in [-0.39, 0.29) is 23.0 Å². The first-order chi connectivity index (χ1) is 13.4. The number of aryl methyl sites for hydroxylation is 1. The van der Waals surface area contributed by atoms with Gasteiger partial charge in [-0.05, 0) is 50.6 Å². The summed E-state index contributed by atoms with van der Waals surface area (Å²) < 4.78 is 13.7. The Balaban J connectivity index is 1.54. The van der Waals surface area contributed by atoms with Crippen molar-refractivity contribution >= 4 is 39.8 Å². The maximum Gasteiger partial charge on any atom is 0.233 e. The molecule has 0 bridgehead atoms. The van der Waals surface area contributed by atoms with Gasteiger partial charge in [0.15, 0.2) is 4.34 Å². The Labute approximate surface area is 171 Å². The molecule has 0 saturated carbocycles. The van der Waals surface area contributed by atoms with E-state index in [0.29, 0.717) is 9.47 Å². The highest BCUT2D eigenvalue weighted by Gasteiger charge is 2.19. The minimum atomic E-state index is -0.330. The molecule has 0 spiro atoms. The topological polar surface area (TPSA) is 66.9 Å². The van der Waals surface area contributed by atoms with Gasteiger partial charge in [0.25, 0.3) is 0 Å². The number of hydrogen-bond acceptors (Lipinski definition) is 6. The summed E-state index contributed by atoms with van der Waals surface area (Å²) in [6.45, 7) is 5.73. The highest BCUT2D eigenvalue weighted by Crippen LogP contribution is 2.30. The Hall–Kier alpha value is -2.45. The monoisotopic (exact) mass is 416 g/mol. The minimum Gasteiger partial charge on any atom is -0.349 e. The van der Waals surface area contributed by atoms with Crippen LogP contribution in [0, 0.1) is 12.7 Å². The summed E-state index contributed by atoms with van der Waals surface area (Å²) in [6.07, 6.45) is 0. The van der Waals surface area contributed by atoms with E-state index in [4.69, 9.17) is 0 Å². The standard InChI is InChI=1S/C20H21FN4OS2/c1-12-4-10-17(11-5-12)23-19-24-25-20(28-19)27-14(3)18(26)22-13(2)15-6-8-16(21)9-7-15/h4-11,13-14H,1-3H3,(H,22,26)(H,23,24)/t13-,14-/m1/s1. The number of aromatic nitrogens is 2. The van der Waals surface area contributed by atoms with Crippen LogP contribution in [0.15, 0.2) is 52.9 Å². The van der Waals surface area contributed by atoms with E-state index in [2.05, 4.69) is 20.8 Å². The van der Waals surface area contributed by atoms with E-state index >= 15 is 0 Å². The van der Waals surface area contributed by atoms with E-state index in [9.17, 15) is 9.18 Å². The van der Waals surface area contributed by atoms with Crippen molar-refractivity contribution in [3.8, 4) is 0 Å². The number of amides is 1. The van der Waals surface area contributed by atoms with Crippen molar-refractivity contribution < 1.29 is 9.18 Å². The van der Waals surface area contributed by atoms with E-state index in [1.807, 2.05) is 45.0 Å². The lowest BCUT2D eigenvalue weighted by Crippen LogP contribution is -2.33. The fraction of sp³-hybridized carbons (Fsp3) is 0.250. The van der Waals surface area contributed by atoms with Crippen LogP contribution in [0.2, 0.25) is 0 Å². The highest BCUT2D eigenvalue weighted by molar-refractivity contribution is 8.02. The molecule has 3 aromatic rings. The summed E-state index contributed by atoms with van der Waals surface area (Å²) in [4.78, 5) is 12.5. The molecule has 3 rings (SSSR count). The zero-order chi connectivity index (χ0) is 20.1. The van der Waals surface area contributed by atoms with Crippen LogP contribution in [0.25, 0.3) is 0 Å². The van der Waals surface area contributed by atoms with Crippen molar-refractivity contribution in [1.82, 2.24) is 15.5 Å². The molecule has 0 saturated heterocycles. The molecule has 8 heteroatoms. The molecule has 5 nitrogen and oxygen atoms in total. The predicted molar refractivity (Wildman–Crippen MR) is 113 cm³/mol. The molecule has 1 amide bonds. The van der Waals surface area contributed by atoms with Crippen molar-refractivity contribution in [3.63, 3.8) is 0 Å². The Morgan fingerprint density at radius 3 is 2.43 bits per heavy atom. The van der Waals surface area contributed by atoms with Crippen molar-refractivity contribution in [2.45, 2.75) is 36.4 Å². The van der Waals surface area contributed by atoms with Gasteiger partial charge in [-0.3, -0.25) is 4.79 Å². The van der Waals surface area contributed by atoms with E-state index < -0.39 is 0 Å². The summed E-state index contributed by atoms with van der Waals surface area (Å²) in [5, 5.41) is 14.8. The van der Waals surface area contributed by atoms with Crippen molar-refractivity contribution in [2.24, 2.45) is 0 Å². The second-order valence-electron chi connectivity index (χ2n) is 6.41. The zero-order valence-corrected chi connectivity index (χ0v) is 17.4. The summed E-state index contributed by atoms with van der Waals surface area (Å²) in [7, 11) is 0. The number of benzene rings is 2. The lowest BCUT2D eigenvalue weighted by Gasteiger charge is -2.17. The lowest BCUT2D eigenvalue weighted by atomic mass is 10.1. The van der Waals surface area contributed by atoms with Gasteiger partial charge >= 0.3 is 0 Å². The summed E-state index contributed by atoms with van der Waals surface area (Å²) in [6, 6.07) is 13.9. The van der Waals surface area contributed by atoms with Crippen molar-refractivity contribution in [2.75, 3.05) is 5.32 Å². The zero-order valence-electron chi connectivity index (χ0n) is 15.8. The molecule has 1 heterocycles. The fourth-order valence-corrected chi connectivity index (χ4v) is 4.36. The van der Waals surface area contributed by atoms with Gasteiger partial charge in [0.2, 0.25) is 11.0 Å². The smallest absolute Gasteiger partial charge is 0.233 e. The quantitative estimate of drug-likeness (QED) is 0.525. The second kappa shape index (κ2) is 9.16. The Bertz CT molecular complexity index is 928. The highest BCUT2D eigenvalue weighted by atomic mass is 32.2. The van der Waals surface area contributed by atoms with Crippen LogP contribution in [-0.2, 0) is 4.79 Å². The first-order valence-corrected chi connectivity index (χ1v) is 10.5. The molecule has 0 radical (unpaired) electrons. The van der Waals surface area contributed by atoms with Crippen LogP contribution in [-0.4, -0.2) is 21.4 Å². The molecule has 2 atom stereocenters. The van der Waals surface area contributed by atoms with Gasteiger partial charge in [-0.25, -0.2) is 4.39 Å². The van der Waals surface area contributed by atoms with Crippen LogP contribution in [0.1, 0.15) is 31.0 Å². The molecule has 2 N–H and O–H groups in total. The first kappa shape index (κ1) is 20.3. The average molecular weight is 417 g/mol. The first-order valence-electron chi connectivity index (χ1n) is 8.80. The van der Waals surface area contributed by atoms with Gasteiger partial charge < -0.3 is 10.6 Å². The number of carbonyl (C=O) groups excluding carboxylic acids is 1. The molecular formula is C20H21FN4OS2. The second-order valence-corrected chi connectivity index (χ2v) is 8.97. The molecule has 0 aliphatic heterocycles. The van der Waals surface area contributed by atoms with Crippen molar-refractivity contribution in [1.29, 1.82) is 0 Å². The van der Waals surface area contributed by atoms with Gasteiger partial charge in [0, 0.05) is 5.69 Å². The maximum atomic E-state index is 13.0. The van der Waals surface area contributed by atoms with Crippen LogP contribution in [0.3, 0.4) is 0 Å². The van der Waals surface area contributed by atoms with Gasteiger partial charge in [0.05, 0.1) is 11.3 Å². The molecule has 0 aliphatic rings. The number of thioether (sulfide) groups is 1. The Morgan fingerprint density at radius 2 is 1.75 bits per heavy atom.